The van der Waals surface area contributed by atoms with E-state index in [2.05, 4.69) is 11.4 Å². The molecule has 2 saturated carbocycles. The largest absolute Gasteiger partial charge is 0.383 e. The minimum atomic E-state index is -0.120. The molecule has 1 spiro atoms. The Bertz CT molecular complexity index is 448. The second kappa shape index (κ2) is 4.88. The molecule has 1 aromatic rings. The van der Waals surface area contributed by atoms with Crippen LogP contribution in [0.4, 0.5) is 4.39 Å². The van der Waals surface area contributed by atoms with Crippen LogP contribution in [0.3, 0.4) is 0 Å². The number of methoxy groups -OCH3 is 1. The van der Waals surface area contributed by atoms with Crippen molar-refractivity contribution in [1.82, 2.24) is 5.32 Å². The number of ether oxygens (including phenoxy) is 1. The van der Waals surface area contributed by atoms with Gasteiger partial charge < -0.3 is 10.1 Å². The first-order valence-corrected chi connectivity index (χ1v) is 7.14. The topological polar surface area (TPSA) is 21.3 Å². The van der Waals surface area contributed by atoms with Crippen molar-refractivity contribution >= 4 is 0 Å². The smallest absolute Gasteiger partial charge is 0.123 e. The monoisotopic (exact) mass is 263 g/mol. The minimum Gasteiger partial charge on any atom is -0.383 e. The summed E-state index contributed by atoms with van der Waals surface area (Å²) >= 11 is 0. The molecule has 19 heavy (non-hydrogen) atoms. The van der Waals surface area contributed by atoms with Gasteiger partial charge in [-0.25, -0.2) is 4.39 Å². The quantitative estimate of drug-likeness (QED) is 0.797. The van der Waals surface area contributed by atoms with Crippen LogP contribution in [0, 0.1) is 11.2 Å². The summed E-state index contributed by atoms with van der Waals surface area (Å²) in [6.07, 6.45) is 5.15. The Labute approximate surface area is 114 Å². The van der Waals surface area contributed by atoms with Crippen molar-refractivity contribution in [3.63, 3.8) is 0 Å². The molecule has 0 heterocycles. The minimum absolute atomic E-state index is 0.120. The van der Waals surface area contributed by atoms with Crippen LogP contribution in [0.25, 0.3) is 0 Å². The van der Waals surface area contributed by atoms with Gasteiger partial charge in [0.25, 0.3) is 0 Å². The van der Waals surface area contributed by atoms with Gasteiger partial charge in [0.15, 0.2) is 0 Å². The molecule has 0 saturated heterocycles. The lowest BCUT2D eigenvalue weighted by molar-refractivity contribution is 0.111. The molecule has 0 aromatic heterocycles. The van der Waals surface area contributed by atoms with E-state index in [0.717, 1.165) is 25.3 Å². The van der Waals surface area contributed by atoms with E-state index in [0.29, 0.717) is 5.41 Å². The third-order valence-corrected chi connectivity index (χ3v) is 4.77. The zero-order valence-corrected chi connectivity index (χ0v) is 11.5. The fourth-order valence-corrected chi connectivity index (χ4v) is 3.67. The molecule has 3 heteroatoms. The molecule has 104 valence electrons. The number of hydrogen-bond acceptors (Lipinski definition) is 2. The van der Waals surface area contributed by atoms with Crippen LogP contribution in [-0.4, -0.2) is 26.8 Å². The third kappa shape index (κ3) is 2.54. The Kier molecular flexibility index (Phi) is 3.35. The van der Waals surface area contributed by atoms with Crippen LogP contribution in [0.5, 0.6) is 0 Å². The Morgan fingerprint density at radius 3 is 2.74 bits per heavy atom. The maximum Gasteiger partial charge on any atom is 0.123 e. The Hall–Kier alpha value is -0.930. The second-order valence-electron chi connectivity index (χ2n) is 6.31. The summed E-state index contributed by atoms with van der Waals surface area (Å²) in [5.41, 5.74) is 1.91. The molecule has 0 amide bonds. The highest BCUT2D eigenvalue weighted by atomic mass is 19.1. The van der Waals surface area contributed by atoms with Crippen LogP contribution in [0.1, 0.15) is 31.2 Å². The Morgan fingerprint density at radius 2 is 2.11 bits per heavy atom. The van der Waals surface area contributed by atoms with Gasteiger partial charge in [-0.05, 0) is 48.8 Å². The van der Waals surface area contributed by atoms with Crippen molar-refractivity contribution in [1.29, 1.82) is 0 Å². The van der Waals surface area contributed by atoms with E-state index in [1.165, 1.54) is 31.7 Å². The van der Waals surface area contributed by atoms with Crippen LogP contribution >= 0.6 is 0 Å². The molecule has 0 unspecified atom stereocenters. The predicted octanol–water partition coefficient (Wildman–Crippen LogP) is 2.87. The molecule has 1 N–H and O–H groups in total. The van der Waals surface area contributed by atoms with E-state index in [9.17, 15) is 4.39 Å². The average Bonchev–Trinajstić information content (AvgIpc) is 3.13. The van der Waals surface area contributed by atoms with Crippen LogP contribution < -0.4 is 5.32 Å². The van der Waals surface area contributed by atoms with Crippen molar-refractivity contribution in [3.05, 3.63) is 35.6 Å². The first kappa shape index (κ1) is 13.1. The number of hydrogen-bond donors (Lipinski definition) is 1. The summed E-state index contributed by atoms with van der Waals surface area (Å²) in [5.74, 6) is -0.120. The molecule has 1 aromatic carbocycles. The maximum atomic E-state index is 13.5. The molecular weight excluding hydrogens is 241 g/mol. The van der Waals surface area contributed by atoms with E-state index in [4.69, 9.17) is 4.74 Å². The van der Waals surface area contributed by atoms with Crippen molar-refractivity contribution in [3.8, 4) is 0 Å². The first-order chi connectivity index (χ1) is 9.18. The van der Waals surface area contributed by atoms with E-state index in [-0.39, 0.29) is 11.2 Å². The molecule has 2 aliphatic rings. The highest BCUT2D eigenvalue weighted by Gasteiger charge is 2.60. The summed E-state index contributed by atoms with van der Waals surface area (Å²) in [4.78, 5) is 0. The Balaban J connectivity index is 1.70. The summed E-state index contributed by atoms with van der Waals surface area (Å²) in [7, 11) is 1.71. The van der Waals surface area contributed by atoms with Gasteiger partial charge in [0.05, 0.1) is 6.61 Å². The van der Waals surface area contributed by atoms with Gasteiger partial charge in [0.1, 0.15) is 5.82 Å². The fourth-order valence-electron chi connectivity index (χ4n) is 3.67. The molecule has 3 rings (SSSR count). The first-order valence-electron chi connectivity index (χ1n) is 7.14. The standard InChI is InChI=1S/C16H22FNO/c1-19-8-7-18-12-16(10-15(11-16)5-6-15)13-3-2-4-14(17)9-13/h2-4,9,18H,5-8,10-12H2,1H3. The molecular formula is C16H22FNO. The average molecular weight is 263 g/mol. The molecule has 0 aliphatic heterocycles. The van der Waals surface area contributed by atoms with Crippen LogP contribution in [-0.2, 0) is 10.2 Å². The van der Waals surface area contributed by atoms with Gasteiger partial charge in [-0.15, -0.1) is 0 Å². The number of benzene rings is 1. The highest BCUT2D eigenvalue weighted by molar-refractivity contribution is 5.34. The molecule has 0 atom stereocenters. The lowest BCUT2D eigenvalue weighted by Crippen LogP contribution is -2.50. The fraction of sp³-hybridized carbons (Fsp3) is 0.625. The van der Waals surface area contributed by atoms with Crippen molar-refractivity contribution in [2.75, 3.05) is 26.8 Å². The zero-order chi connectivity index (χ0) is 13.3. The van der Waals surface area contributed by atoms with Gasteiger partial charge >= 0.3 is 0 Å². The zero-order valence-electron chi connectivity index (χ0n) is 11.5. The van der Waals surface area contributed by atoms with Crippen molar-refractivity contribution in [2.24, 2.45) is 5.41 Å². The van der Waals surface area contributed by atoms with Crippen molar-refractivity contribution < 1.29 is 9.13 Å². The maximum absolute atomic E-state index is 13.5. The normalized spacial score (nSPS) is 22.2. The summed E-state index contributed by atoms with van der Waals surface area (Å²) in [5, 5.41) is 3.47. The third-order valence-electron chi connectivity index (χ3n) is 4.77. The molecule has 2 fully saturated rings. The SMILES string of the molecule is COCCNCC1(c2cccc(F)c2)CC2(CC2)C1. The highest BCUT2D eigenvalue weighted by Crippen LogP contribution is 2.68. The number of halogens is 1. The summed E-state index contributed by atoms with van der Waals surface area (Å²) < 4.78 is 18.5. The number of nitrogens with one attached hydrogen (secondary N) is 1. The van der Waals surface area contributed by atoms with E-state index in [1.807, 2.05) is 6.07 Å². The van der Waals surface area contributed by atoms with Gasteiger partial charge in [-0.3, -0.25) is 0 Å². The molecule has 0 bridgehead atoms. The van der Waals surface area contributed by atoms with Crippen molar-refractivity contribution in [2.45, 2.75) is 31.1 Å². The van der Waals surface area contributed by atoms with Gasteiger partial charge in [-0.2, -0.15) is 0 Å². The van der Waals surface area contributed by atoms with Gasteiger partial charge in [0.2, 0.25) is 0 Å². The Morgan fingerprint density at radius 1 is 1.32 bits per heavy atom. The van der Waals surface area contributed by atoms with E-state index in [1.54, 1.807) is 13.2 Å². The van der Waals surface area contributed by atoms with Gasteiger partial charge in [0, 0.05) is 25.6 Å². The van der Waals surface area contributed by atoms with E-state index < -0.39 is 0 Å². The lowest BCUT2D eigenvalue weighted by atomic mass is 9.56. The second-order valence-corrected chi connectivity index (χ2v) is 6.31. The summed E-state index contributed by atoms with van der Waals surface area (Å²) in [6, 6.07) is 7.16. The van der Waals surface area contributed by atoms with Crippen LogP contribution in [0.2, 0.25) is 0 Å². The molecule has 2 nitrogen and oxygen atoms in total. The van der Waals surface area contributed by atoms with Crippen LogP contribution in [0.15, 0.2) is 24.3 Å². The van der Waals surface area contributed by atoms with E-state index >= 15 is 0 Å². The summed E-state index contributed by atoms with van der Waals surface area (Å²) in [6.45, 7) is 2.52. The molecule has 2 aliphatic carbocycles. The number of rotatable bonds is 6. The predicted molar refractivity (Wildman–Crippen MR) is 73.7 cm³/mol. The van der Waals surface area contributed by atoms with Gasteiger partial charge in [-0.1, -0.05) is 12.1 Å². The lowest BCUT2D eigenvalue weighted by Gasteiger charge is -2.49. The molecule has 0 radical (unpaired) electrons.